The molecular weight excluding hydrogens is 270 g/mol. The number of aliphatic hydroxyl groups excluding tert-OH is 1. The van der Waals surface area contributed by atoms with Crippen molar-refractivity contribution < 1.29 is 9.90 Å². The zero-order valence-electron chi connectivity index (χ0n) is 12.6. The fraction of sp³-hybridized carbons (Fsp3) is 0.562. The summed E-state index contributed by atoms with van der Waals surface area (Å²) in [6.07, 6.45) is 1.86. The lowest BCUT2D eigenvalue weighted by Crippen LogP contribution is -2.26. The molecule has 2 N–H and O–H groups in total. The zero-order valence-corrected chi connectivity index (χ0v) is 13.4. The second-order valence-corrected chi connectivity index (χ2v) is 6.35. The van der Waals surface area contributed by atoms with Crippen molar-refractivity contribution in [1.29, 1.82) is 0 Å². The van der Waals surface area contributed by atoms with Crippen LogP contribution in [0.3, 0.4) is 0 Å². The van der Waals surface area contributed by atoms with Crippen molar-refractivity contribution in [3.05, 3.63) is 29.3 Å². The van der Waals surface area contributed by atoms with Crippen molar-refractivity contribution in [2.75, 3.05) is 18.9 Å². The Bertz CT molecular complexity index is 434. The SMILES string of the molecule is Cc1ccc(C)c(SCC(=O)NCCCC(C)CO)c1. The molecule has 0 aliphatic heterocycles. The summed E-state index contributed by atoms with van der Waals surface area (Å²) in [5.74, 6) is 0.851. The van der Waals surface area contributed by atoms with Crippen LogP contribution in [0.4, 0.5) is 0 Å². The van der Waals surface area contributed by atoms with Gasteiger partial charge in [0, 0.05) is 18.0 Å². The van der Waals surface area contributed by atoms with Crippen LogP contribution in [0.15, 0.2) is 23.1 Å². The number of hydrogen-bond donors (Lipinski definition) is 2. The van der Waals surface area contributed by atoms with E-state index in [1.807, 2.05) is 6.92 Å². The van der Waals surface area contributed by atoms with E-state index in [1.165, 1.54) is 16.0 Å². The number of aliphatic hydroxyl groups is 1. The van der Waals surface area contributed by atoms with Gasteiger partial charge in [0.05, 0.1) is 5.75 Å². The molecule has 4 heteroatoms. The molecule has 1 amide bonds. The lowest BCUT2D eigenvalue weighted by Gasteiger charge is -2.09. The molecule has 0 spiro atoms. The lowest BCUT2D eigenvalue weighted by molar-refractivity contribution is -0.118. The average molecular weight is 295 g/mol. The fourth-order valence-corrected chi connectivity index (χ4v) is 2.78. The lowest BCUT2D eigenvalue weighted by atomic mass is 10.1. The number of nitrogens with one attached hydrogen (secondary N) is 1. The first kappa shape index (κ1) is 17.1. The smallest absolute Gasteiger partial charge is 0.230 e. The molecule has 0 radical (unpaired) electrons. The Morgan fingerprint density at radius 2 is 2.15 bits per heavy atom. The molecule has 0 fully saturated rings. The van der Waals surface area contributed by atoms with Gasteiger partial charge < -0.3 is 10.4 Å². The highest BCUT2D eigenvalue weighted by molar-refractivity contribution is 8.00. The fourth-order valence-electron chi connectivity index (χ4n) is 1.83. The first-order chi connectivity index (χ1) is 9.52. The van der Waals surface area contributed by atoms with Crippen molar-refractivity contribution in [3.63, 3.8) is 0 Å². The summed E-state index contributed by atoms with van der Waals surface area (Å²) in [5.41, 5.74) is 2.43. The first-order valence-electron chi connectivity index (χ1n) is 7.10. The molecule has 0 aliphatic rings. The molecule has 1 atom stereocenters. The van der Waals surface area contributed by atoms with E-state index in [4.69, 9.17) is 5.11 Å². The third-order valence-electron chi connectivity index (χ3n) is 3.21. The van der Waals surface area contributed by atoms with Crippen LogP contribution in [0.2, 0.25) is 0 Å². The summed E-state index contributed by atoms with van der Waals surface area (Å²) < 4.78 is 0. The van der Waals surface area contributed by atoms with E-state index in [2.05, 4.69) is 37.4 Å². The first-order valence-corrected chi connectivity index (χ1v) is 8.09. The number of aryl methyl sites for hydroxylation is 2. The van der Waals surface area contributed by atoms with Crippen molar-refractivity contribution in [2.45, 2.75) is 38.5 Å². The van der Waals surface area contributed by atoms with Crippen LogP contribution in [0.25, 0.3) is 0 Å². The highest BCUT2D eigenvalue weighted by Crippen LogP contribution is 2.23. The van der Waals surface area contributed by atoms with Crippen LogP contribution >= 0.6 is 11.8 Å². The summed E-state index contributed by atoms with van der Waals surface area (Å²) in [5, 5.41) is 11.8. The van der Waals surface area contributed by atoms with E-state index in [-0.39, 0.29) is 12.5 Å². The van der Waals surface area contributed by atoms with Gasteiger partial charge in [-0.1, -0.05) is 24.6 Å². The highest BCUT2D eigenvalue weighted by Gasteiger charge is 2.05. The Hall–Kier alpha value is -1.00. The van der Waals surface area contributed by atoms with Crippen molar-refractivity contribution in [3.8, 4) is 0 Å². The number of benzene rings is 1. The Morgan fingerprint density at radius 1 is 1.40 bits per heavy atom. The molecule has 0 aromatic heterocycles. The van der Waals surface area contributed by atoms with Gasteiger partial charge in [-0.3, -0.25) is 4.79 Å². The van der Waals surface area contributed by atoms with Gasteiger partial charge in [0.15, 0.2) is 0 Å². The van der Waals surface area contributed by atoms with E-state index >= 15 is 0 Å². The van der Waals surface area contributed by atoms with E-state index in [1.54, 1.807) is 11.8 Å². The van der Waals surface area contributed by atoms with Gasteiger partial charge >= 0.3 is 0 Å². The third-order valence-corrected chi connectivity index (χ3v) is 4.37. The predicted molar refractivity (Wildman–Crippen MR) is 85.1 cm³/mol. The van der Waals surface area contributed by atoms with Crippen LogP contribution in [0, 0.1) is 19.8 Å². The monoisotopic (exact) mass is 295 g/mol. The Labute approximate surface area is 126 Å². The molecule has 112 valence electrons. The Balaban J connectivity index is 2.24. The van der Waals surface area contributed by atoms with Gasteiger partial charge in [-0.2, -0.15) is 0 Å². The Kier molecular flexibility index (Phi) is 7.70. The van der Waals surface area contributed by atoms with Crippen molar-refractivity contribution in [2.24, 2.45) is 5.92 Å². The van der Waals surface area contributed by atoms with Gasteiger partial charge in [0.1, 0.15) is 0 Å². The van der Waals surface area contributed by atoms with Crippen LogP contribution in [0.5, 0.6) is 0 Å². The summed E-state index contributed by atoms with van der Waals surface area (Å²) in [6, 6.07) is 6.30. The van der Waals surface area contributed by atoms with Gasteiger partial charge in [0.25, 0.3) is 0 Å². The molecule has 0 bridgehead atoms. The summed E-state index contributed by atoms with van der Waals surface area (Å²) in [4.78, 5) is 12.9. The van der Waals surface area contributed by atoms with Crippen LogP contribution < -0.4 is 5.32 Å². The molecule has 1 aromatic carbocycles. The molecule has 20 heavy (non-hydrogen) atoms. The second kappa shape index (κ2) is 9.03. The molecule has 1 unspecified atom stereocenters. The molecular formula is C16H25NO2S. The van der Waals surface area contributed by atoms with Gasteiger partial charge in [-0.15, -0.1) is 11.8 Å². The molecule has 0 heterocycles. The maximum atomic E-state index is 11.7. The molecule has 1 rings (SSSR count). The molecule has 1 aromatic rings. The average Bonchev–Trinajstić information content (AvgIpc) is 2.44. The van der Waals surface area contributed by atoms with Crippen LogP contribution in [-0.2, 0) is 4.79 Å². The maximum Gasteiger partial charge on any atom is 0.230 e. The van der Waals surface area contributed by atoms with E-state index in [0.717, 1.165) is 12.8 Å². The van der Waals surface area contributed by atoms with Gasteiger partial charge in [-0.25, -0.2) is 0 Å². The summed E-state index contributed by atoms with van der Waals surface area (Å²) >= 11 is 1.59. The highest BCUT2D eigenvalue weighted by atomic mass is 32.2. The Morgan fingerprint density at radius 3 is 2.85 bits per heavy atom. The predicted octanol–water partition coefficient (Wildman–Crippen LogP) is 2.92. The quantitative estimate of drug-likeness (QED) is 0.573. The standard InChI is InChI=1S/C16H25NO2S/c1-12-6-7-14(3)15(9-12)20-11-16(19)17-8-4-5-13(2)10-18/h6-7,9,13,18H,4-5,8,10-11H2,1-3H3,(H,17,19). The van der Waals surface area contributed by atoms with E-state index < -0.39 is 0 Å². The number of thioether (sulfide) groups is 1. The minimum absolute atomic E-state index is 0.0764. The van der Waals surface area contributed by atoms with E-state index in [9.17, 15) is 4.79 Å². The molecule has 0 aliphatic carbocycles. The van der Waals surface area contributed by atoms with Crippen molar-refractivity contribution in [1.82, 2.24) is 5.32 Å². The molecule has 0 saturated carbocycles. The maximum absolute atomic E-state index is 11.7. The largest absolute Gasteiger partial charge is 0.396 e. The third kappa shape index (κ3) is 6.44. The number of hydrogen-bond acceptors (Lipinski definition) is 3. The number of carbonyl (C=O) groups excluding carboxylic acids is 1. The number of amides is 1. The van der Waals surface area contributed by atoms with E-state index in [0.29, 0.717) is 18.2 Å². The van der Waals surface area contributed by atoms with Gasteiger partial charge in [0.2, 0.25) is 5.91 Å². The summed E-state index contributed by atoms with van der Waals surface area (Å²) in [7, 11) is 0. The van der Waals surface area contributed by atoms with Gasteiger partial charge in [-0.05, 0) is 44.2 Å². The zero-order chi connectivity index (χ0) is 15.0. The minimum atomic E-state index is 0.0764. The van der Waals surface area contributed by atoms with Crippen LogP contribution in [0.1, 0.15) is 30.9 Å². The number of rotatable bonds is 8. The second-order valence-electron chi connectivity index (χ2n) is 5.34. The number of carbonyl (C=O) groups is 1. The van der Waals surface area contributed by atoms with Crippen LogP contribution in [-0.4, -0.2) is 29.9 Å². The summed E-state index contributed by atoms with van der Waals surface area (Å²) in [6.45, 7) is 7.05. The minimum Gasteiger partial charge on any atom is -0.396 e. The normalized spacial score (nSPS) is 12.2. The molecule has 3 nitrogen and oxygen atoms in total. The van der Waals surface area contributed by atoms with Crippen molar-refractivity contribution >= 4 is 17.7 Å². The molecule has 0 saturated heterocycles. The topological polar surface area (TPSA) is 49.3 Å².